The highest BCUT2D eigenvalue weighted by atomic mass is 15.3. The largest absolute Gasteiger partial charge is 0.279 e. The average Bonchev–Trinajstić information content (AvgIpc) is 3.01. The van der Waals surface area contributed by atoms with E-state index in [0.717, 1.165) is 5.69 Å². The number of para-hydroxylation sites is 1. The zero-order valence-corrected chi connectivity index (χ0v) is 15.1. The van der Waals surface area contributed by atoms with Crippen molar-refractivity contribution in [3.05, 3.63) is 101 Å². The Kier molecular flexibility index (Phi) is 4.40. The molecule has 0 saturated carbocycles. The molecule has 0 saturated heterocycles. The summed E-state index contributed by atoms with van der Waals surface area (Å²) in [5.74, 6) is 0.317. The number of hydrazone groups is 1. The molecule has 128 valence electrons. The van der Waals surface area contributed by atoms with Gasteiger partial charge >= 0.3 is 0 Å². The SMILES string of the molecule is CC1=C(C)C(c2ccc3ccccc3c2C=NNc2ccccc2)C=C1. The molecular weight excluding hydrogens is 316 g/mol. The maximum absolute atomic E-state index is 4.52. The van der Waals surface area contributed by atoms with Gasteiger partial charge in [0.15, 0.2) is 0 Å². The molecule has 0 fully saturated rings. The third-order valence-electron chi connectivity index (χ3n) is 5.13. The Morgan fingerprint density at radius 3 is 2.42 bits per heavy atom. The molecule has 2 heteroatoms. The first kappa shape index (κ1) is 16.3. The van der Waals surface area contributed by atoms with Crippen molar-refractivity contribution in [1.82, 2.24) is 0 Å². The summed E-state index contributed by atoms with van der Waals surface area (Å²) in [6.45, 7) is 4.40. The van der Waals surface area contributed by atoms with Crippen LogP contribution in [0.5, 0.6) is 0 Å². The van der Waals surface area contributed by atoms with Gasteiger partial charge in [0.1, 0.15) is 0 Å². The zero-order chi connectivity index (χ0) is 17.9. The Morgan fingerprint density at radius 1 is 0.885 bits per heavy atom. The van der Waals surface area contributed by atoms with E-state index < -0.39 is 0 Å². The molecule has 0 aliphatic heterocycles. The van der Waals surface area contributed by atoms with Crippen LogP contribution >= 0.6 is 0 Å². The van der Waals surface area contributed by atoms with Gasteiger partial charge in [-0.3, -0.25) is 5.43 Å². The number of benzene rings is 3. The molecule has 0 radical (unpaired) electrons. The number of allylic oxidation sites excluding steroid dienone is 4. The molecular formula is C24H22N2. The second-order valence-corrected chi connectivity index (χ2v) is 6.73. The molecule has 0 aromatic heterocycles. The monoisotopic (exact) mass is 338 g/mol. The van der Waals surface area contributed by atoms with Gasteiger partial charge in [-0.15, -0.1) is 0 Å². The summed E-state index contributed by atoms with van der Waals surface area (Å²) in [6, 6.07) is 23.0. The second kappa shape index (κ2) is 7.01. The topological polar surface area (TPSA) is 24.4 Å². The third kappa shape index (κ3) is 3.06. The highest BCUT2D eigenvalue weighted by Gasteiger charge is 2.20. The summed E-state index contributed by atoms with van der Waals surface area (Å²) in [5, 5.41) is 6.99. The fraction of sp³-hybridized carbons (Fsp3) is 0.125. The minimum atomic E-state index is 0.317. The predicted octanol–water partition coefficient (Wildman–Crippen LogP) is 6.28. The summed E-state index contributed by atoms with van der Waals surface area (Å²) >= 11 is 0. The van der Waals surface area contributed by atoms with Gasteiger partial charge in [0.05, 0.1) is 11.9 Å². The molecule has 4 rings (SSSR count). The van der Waals surface area contributed by atoms with Crippen molar-refractivity contribution in [1.29, 1.82) is 0 Å². The van der Waals surface area contributed by atoms with Crippen molar-refractivity contribution >= 4 is 22.7 Å². The smallest absolute Gasteiger partial charge is 0.0561 e. The van der Waals surface area contributed by atoms with Crippen LogP contribution in [0, 0.1) is 0 Å². The lowest BCUT2D eigenvalue weighted by atomic mass is 9.87. The molecule has 0 heterocycles. The van der Waals surface area contributed by atoms with Crippen LogP contribution in [0.25, 0.3) is 10.8 Å². The molecule has 26 heavy (non-hydrogen) atoms. The fourth-order valence-electron chi connectivity index (χ4n) is 3.51. The molecule has 3 aromatic rings. The summed E-state index contributed by atoms with van der Waals surface area (Å²) in [5.41, 5.74) is 9.36. The molecule has 1 aliphatic carbocycles. The van der Waals surface area contributed by atoms with Gasteiger partial charge in [-0.25, -0.2) is 0 Å². The highest BCUT2D eigenvalue weighted by molar-refractivity contribution is 6.02. The highest BCUT2D eigenvalue weighted by Crippen LogP contribution is 2.37. The minimum absolute atomic E-state index is 0.317. The van der Waals surface area contributed by atoms with E-state index in [-0.39, 0.29) is 0 Å². The number of fused-ring (bicyclic) bond motifs is 1. The Balaban J connectivity index is 1.78. The van der Waals surface area contributed by atoms with E-state index >= 15 is 0 Å². The van der Waals surface area contributed by atoms with Crippen LogP contribution in [0.3, 0.4) is 0 Å². The minimum Gasteiger partial charge on any atom is -0.279 e. The molecule has 0 amide bonds. The standard InChI is InChI=1S/C24H22N2/c1-17-12-14-21(18(17)2)23-15-13-19-8-6-7-11-22(19)24(23)16-25-26-20-9-4-3-5-10-20/h3-16,21,26H,1-2H3. The van der Waals surface area contributed by atoms with Crippen LogP contribution in [0.1, 0.15) is 30.9 Å². The van der Waals surface area contributed by atoms with Crippen LogP contribution in [-0.2, 0) is 0 Å². The van der Waals surface area contributed by atoms with E-state index in [4.69, 9.17) is 0 Å². The van der Waals surface area contributed by atoms with E-state index in [1.165, 1.54) is 33.0 Å². The van der Waals surface area contributed by atoms with E-state index in [1.54, 1.807) is 0 Å². The molecule has 2 nitrogen and oxygen atoms in total. The van der Waals surface area contributed by atoms with E-state index in [0.29, 0.717) is 5.92 Å². The second-order valence-electron chi connectivity index (χ2n) is 6.73. The van der Waals surface area contributed by atoms with Crippen LogP contribution in [-0.4, -0.2) is 6.21 Å². The van der Waals surface area contributed by atoms with Crippen molar-refractivity contribution < 1.29 is 0 Å². The molecule has 1 unspecified atom stereocenters. The predicted molar refractivity (Wildman–Crippen MR) is 112 cm³/mol. The maximum atomic E-state index is 4.52. The maximum Gasteiger partial charge on any atom is 0.0561 e. The van der Waals surface area contributed by atoms with Gasteiger partial charge in [0.25, 0.3) is 0 Å². The van der Waals surface area contributed by atoms with Crippen LogP contribution in [0.2, 0.25) is 0 Å². The van der Waals surface area contributed by atoms with Gasteiger partial charge in [-0.2, -0.15) is 5.10 Å². The summed E-state index contributed by atoms with van der Waals surface area (Å²) < 4.78 is 0. The zero-order valence-electron chi connectivity index (χ0n) is 15.1. The third-order valence-corrected chi connectivity index (χ3v) is 5.13. The van der Waals surface area contributed by atoms with Crippen molar-refractivity contribution in [3.8, 4) is 0 Å². The van der Waals surface area contributed by atoms with E-state index in [1.807, 2.05) is 36.5 Å². The van der Waals surface area contributed by atoms with Crippen LogP contribution in [0.15, 0.2) is 95.1 Å². The number of hydrogen-bond donors (Lipinski definition) is 1. The molecule has 1 atom stereocenters. The van der Waals surface area contributed by atoms with Crippen molar-refractivity contribution in [3.63, 3.8) is 0 Å². The summed E-state index contributed by atoms with van der Waals surface area (Å²) in [4.78, 5) is 0. The lowest BCUT2D eigenvalue weighted by Crippen LogP contribution is -2.02. The van der Waals surface area contributed by atoms with E-state index in [2.05, 4.69) is 72.9 Å². The lowest BCUT2D eigenvalue weighted by molar-refractivity contribution is 1.00. The fourth-order valence-corrected chi connectivity index (χ4v) is 3.51. The number of rotatable bonds is 4. The Hall–Kier alpha value is -3.13. The quantitative estimate of drug-likeness (QED) is 0.439. The van der Waals surface area contributed by atoms with Crippen LogP contribution < -0.4 is 5.43 Å². The first-order valence-electron chi connectivity index (χ1n) is 8.95. The first-order chi connectivity index (χ1) is 12.7. The van der Waals surface area contributed by atoms with E-state index in [9.17, 15) is 0 Å². The number of nitrogens with zero attached hydrogens (tertiary/aromatic N) is 1. The first-order valence-corrected chi connectivity index (χ1v) is 8.95. The lowest BCUT2D eigenvalue weighted by Gasteiger charge is -2.16. The number of hydrogen-bond acceptors (Lipinski definition) is 2. The van der Waals surface area contributed by atoms with Gasteiger partial charge in [-0.1, -0.05) is 77.9 Å². The summed E-state index contributed by atoms with van der Waals surface area (Å²) in [7, 11) is 0. The van der Waals surface area contributed by atoms with Gasteiger partial charge in [0, 0.05) is 11.5 Å². The normalized spacial score (nSPS) is 16.8. The van der Waals surface area contributed by atoms with Gasteiger partial charge in [-0.05, 0) is 42.3 Å². The molecule has 3 aromatic carbocycles. The molecule has 1 N–H and O–H groups in total. The summed E-state index contributed by atoms with van der Waals surface area (Å²) in [6.07, 6.45) is 6.47. The van der Waals surface area contributed by atoms with Gasteiger partial charge in [0.2, 0.25) is 0 Å². The van der Waals surface area contributed by atoms with Gasteiger partial charge < -0.3 is 0 Å². The Labute approximate surface area is 154 Å². The van der Waals surface area contributed by atoms with Crippen molar-refractivity contribution in [2.24, 2.45) is 5.10 Å². The molecule has 0 bridgehead atoms. The average molecular weight is 338 g/mol. The van der Waals surface area contributed by atoms with Crippen molar-refractivity contribution in [2.75, 3.05) is 5.43 Å². The molecule has 0 spiro atoms. The van der Waals surface area contributed by atoms with Crippen molar-refractivity contribution in [2.45, 2.75) is 19.8 Å². The molecule has 1 aliphatic rings. The van der Waals surface area contributed by atoms with Crippen LogP contribution in [0.4, 0.5) is 5.69 Å². The Bertz CT molecular complexity index is 1030. The number of anilines is 1. The Morgan fingerprint density at radius 2 is 1.65 bits per heavy atom. The number of nitrogens with one attached hydrogen (secondary N) is 1.